The molecule has 0 amide bonds. The Bertz CT molecular complexity index is 425. The highest BCUT2D eigenvalue weighted by Gasteiger charge is 2.09. The van der Waals surface area contributed by atoms with E-state index in [0.717, 1.165) is 5.57 Å². The van der Waals surface area contributed by atoms with Crippen molar-refractivity contribution in [3.63, 3.8) is 0 Å². The van der Waals surface area contributed by atoms with Gasteiger partial charge in [0.1, 0.15) is 0 Å². The topological polar surface area (TPSA) is 24.7 Å². The van der Waals surface area contributed by atoms with Crippen LogP contribution in [0.1, 0.15) is 26.3 Å². The van der Waals surface area contributed by atoms with Crippen molar-refractivity contribution >= 4 is 18.0 Å². The summed E-state index contributed by atoms with van der Waals surface area (Å²) >= 11 is 0. The number of hydrogen-bond donors (Lipinski definition) is 0. The lowest BCUT2D eigenvalue weighted by Crippen LogP contribution is -2.14. The Morgan fingerprint density at radius 2 is 1.76 bits per heavy atom. The summed E-state index contributed by atoms with van der Waals surface area (Å²) in [5.41, 5.74) is 2.26. The zero-order valence-corrected chi connectivity index (χ0v) is 11.0. The molecule has 0 spiro atoms. The molecule has 0 saturated carbocycles. The predicted molar refractivity (Wildman–Crippen MR) is 76.8 cm³/mol. The van der Waals surface area contributed by atoms with Crippen LogP contribution in [0.2, 0.25) is 0 Å². The van der Waals surface area contributed by atoms with Crippen molar-refractivity contribution in [3.05, 3.63) is 42.1 Å². The van der Waals surface area contributed by atoms with E-state index in [2.05, 4.69) is 42.9 Å². The number of hydrogen-bond acceptors (Lipinski definition) is 2. The minimum absolute atomic E-state index is 0.0950. The van der Waals surface area contributed by atoms with Gasteiger partial charge in [-0.05, 0) is 31.9 Å². The fourth-order valence-corrected chi connectivity index (χ4v) is 1.48. The van der Waals surface area contributed by atoms with E-state index in [4.69, 9.17) is 0 Å². The summed E-state index contributed by atoms with van der Waals surface area (Å²) in [6, 6.07) is 10.2. The molecule has 1 aromatic carbocycles. The van der Waals surface area contributed by atoms with Gasteiger partial charge in [0.05, 0.1) is 0 Å². The van der Waals surface area contributed by atoms with Gasteiger partial charge in [0.25, 0.3) is 0 Å². The van der Waals surface area contributed by atoms with Crippen LogP contribution in [0.15, 0.2) is 46.5 Å². The van der Waals surface area contributed by atoms with E-state index in [9.17, 15) is 0 Å². The minimum atomic E-state index is -0.0950. The lowest BCUT2D eigenvalue weighted by molar-refractivity contribution is 0.763. The lowest BCUT2D eigenvalue weighted by Gasteiger charge is -2.10. The van der Waals surface area contributed by atoms with Gasteiger partial charge < -0.3 is 0 Å². The van der Waals surface area contributed by atoms with E-state index >= 15 is 0 Å². The Morgan fingerprint density at radius 1 is 1.12 bits per heavy atom. The highest BCUT2D eigenvalue weighted by atomic mass is 14.7. The van der Waals surface area contributed by atoms with E-state index < -0.39 is 0 Å². The van der Waals surface area contributed by atoms with E-state index in [1.165, 1.54) is 5.56 Å². The molecular formula is C15H20N2. The van der Waals surface area contributed by atoms with E-state index in [0.29, 0.717) is 0 Å². The molecule has 0 radical (unpaired) electrons. The zero-order chi connectivity index (χ0) is 12.7. The maximum Gasteiger partial charge on any atom is 0.0348 e. The summed E-state index contributed by atoms with van der Waals surface area (Å²) in [4.78, 5) is 8.39. The highest BCUT2D eigenvalue weighted by Crippen LogP contribution is 2.13. The third kappa shape index (κ3) is 4.77. The molecule has 1 rings (SSSR count). The van der Waals surface area contributed by atoms with Crippen LogP contribution in [0.4, 0.5) is 0 Å². The van der Waals surface area contributed by atoms with Gasteiger partial charge in [-0.15, -0.1) is 0 Å². The number of nitrogens with zero attached hydrogens (tertiary/aromatic N) is 2. The molecule has 2 heteroatoms. The average Bonchev–Trinajstić information content (AvgIpc) is 2.29. The smallest absolute Gasteiger partial charge is 0.0348 e. The molecule has 0 saturated heterocycles. The van der Waals surface area contributed by atoms with Crippen LogP contribution in [-0.4, -0.2) is 19.5 Å². The van der Waals surface area contributed by atoms with Gasteiger partial charge in [0.15, 0.2) is 0 Å². The Labute approximate surface area is 104 Å². The Morgan fingerprint density at radius 3 is 2.35 bits per heavy atom. The van der Waals surface area contributed by atoms with Crippen molar-refractivity contribution < 1.29 is 0 Å². The van der Waals surface area contributed by atoms with Gasteiger partial charge in [-0.2, -0.15) is 0 Å². The molecule has 0 N–H and O–H groups in total. The average molecular weight is 228 g/mol. The van der Waals surface area contributed by atoms with Gasteiger partial charge in [-0.25, -0.2) is 0 Å². The lowest BCUT2D eigenvalue weighted by atomic mass is 9.97. The van der Waals surface area contributed by atoms with Crippen LogP contribution >= 0.6 is 0 Å². The summed E-state index contributed by atoms with van der Waals surface area (Å²) in [5.74, 6) is 0. The van der Waals surface area contributed by atoms with Crippen LogP contribution in [0.5, 0.6) is 0 Å². The minimum Gasteiger partial charge on any atom is -0.300 e. The molecule has 0 aliphatic rings. The first kappa shape index (κ1) is 13.4. The molecule has 2 nitrogen and oxygen atoms in total. The number of benzene rings is 1. The maximum atomic E-state index is 4.36. The van der Waals surface area contributed by atoms with Gasteiger partial charge in [-0.3, -0.25) is 9.98 Å². The molecule has 0 unspecified atom stereocenters. The Kier molecular flexibility index (Phi) is 4.83. The molecule has 0 bridgehead atoms. The summed E-state index contributed by atoms with van der Waals surface area (Å²) in [5, 5.41) is 0. The first-order valence-corrected chi connectivity index (χ1v) is 5.75. The van der Waals surface area contributed by atoms with Crippen molar-refractivity contribution in [1.82, 2.24) is 0 Å². The third-order valence-electron chi connectivity index (χ3n) is 2.37. The fraction of sp³-hybridized carbons (Fsp3) is 0.333. The largest absolute Gasteiger partial charge is 0.300 e. The molecule has 0 heterocycles. The second-order valence-corrected chi connectivity index (χ2v) is 4.66. The number of rotatable bonds is 4. The molecule has 0 aliphatic carbocycles. The molecule has 90 valence electrons. The van der Waals surface area contributed by atoms with Gasteiger partial charge >= 0.3 is 0 Å². The molecular weight excluding hydrogens is 208 g/mol. The van der Waals surface area contributed by atoms with Crippen molar-refractivity contribution in [3.8, 4) is 0 Å². The fourth-order valence-electron chi connectivity index (χ4n) is 1.48. The monoisotopic (exact) mass is 228 g/mol. The predicted octanol–water partition coefficient (Wildman–Crippen LogP) is 3.85. The number of aliphatic imine (C=N–C) groups is 2. The normalized spacial score (nSPS) is 13.8. The van der Waals surface area contributed by atoms with Gasteiger partial charge in [0, 0.05) is 31.1 Å². The summed E-state index contributed by atoms with van der Waals surface area (Å²) in [6.45, 7) is 6.22. The third-order valence-corrected chi connectivity index (χ3v) is 2.37. The zero-order valence-electron chi connectivity index (χ0n) is 11.0. The second-order valence-electron chi connectivity index (χ2n) is 4.66. The molecule has 0 aliphatic heterocycles. The van der Waals surface area contributed by atoms with Crippen molar-refractivity contribution in [1.29, 1.82) is 0 Å². The van der Waals surface area contributed by atoms with Gasteiger partial charge in [-0.1, -0.05) is 30.3 Å². The first-order chi connectivity index (χ1) is 8.05. The van der Waals surface area contributed by atoms with E-state index in [1.54, 1.807) is 7.05 Å². The Balaban J connectivity index is 2.75. The Hall–Kier alpha value is -1.70. The van der Waals surface area contributed by atoms with Crippen LogP contribution in [0, 0.1) is 5.41 Å². The summed E-state index contributed by atoms with van der Waals surface area (Å²) < 4.78 is 0. The van der Waals surface area contributed by atoms with E-state index in [1.807, 2.05) is 36.8 Å². The molecule has 0 aromatic heterocycles. The molecule has 0 fully saturated rings. The van der Waals surface area contributed by atoms with Gasteiger partial charge in [0.2, 0.25) is 0 Å². The standard InChI is InChI=1S/C15H20N2/c1-13(14-8-6-5-7-9-14)10-17-12-15(2,3)11-16-4/h5-12H,1-4H3/b13-10+,16-11-,17-12-. The van der Waals surface area contributed by atoms with Crippen LogP contribution in [0.25, 0.3) is 5.57 Å². The van der Waals surface area contributed by atoms with Crippen molar-refractivity contribution in [2.24, 2.45) is 15.4 Å². The molecule has 17 heavy (non-hydrogen) atoms. The quantitative estimate of drug-likeness (QED) is 0.699. The van der Waals surface area contributed by atoms with Crippen LogP contribution < -0.4 is 0 Å². The van der Waals surface area contributed by atoms with E-state index in [-0.39, 0.29) is 5.41 Å². The molecule has 1 aromatic rings. The molecule has 0 atom stereocenters. The summed E-state index contributed by atoms with van der Waals surface area (Å²) in [6.07, 6.45) is 5.69. The van der Waals surface area contributed by atoms with Crippen LogP contribution in [0.3, 0.4) is 0 Å². The van der Waals surface area contributed by atoms with Crippen molar-refractivity contribution in [2.45, 2.75) is 20.8 Å². The maximum absolute atomic E-state index is 4.36. The summed E-state index contributed by atoms with van der Waals surface area (Å²) in [7, 11) is 1.78. The van der Waals surface area contributed by atoms with Crippen molar-refractivity contribution in [2.75, 3.05) is 7.05 Å². The second kappa shape index (κ2) is 6.14. The highest BCUT2D eigenvalue weighted by molar-refractivity contribution is 5.88. The SMILES string of the molecule is C/N=C\C(C)(C)/C=N\C=C(/C)c1ccccc1. The first-order valence-electron chi connectivity index (χ1n) is 5.75. The van der Waals surface area contributed by atoms with Crippen LogP contribution in [-0.2, 0) is 0 Å². The number of allylic oxidation sites excluding steroid dienone is 1.